The number of benzene rings is 1. The van der Waals surface area contributed by atoms with Gasteiger partial charge in [0.05, 0.1) is 33.3 Å². The van der Waals surface area contributed by atoms with Crippen LogP contribution in [0.25, 0.3) is 0 Å². The van der Waals surface area contributed by atoms with Gasteiger partial charge < -0.3 is 4.90 Å². The molecule has 1 aliphatic heterocycles. The first-order chi connectivity index (χ1) is 12.5. The van der Waals surface area contributed by atoms with E-state index in [-0.39, 0.29) is 10.4 Å². The SMILES string of the molecule is Cc1nn(C(C)(C)C)c(C)c1S(=O)(=O)Nc1ccc(N2CCCC2)c(Cl)c1. The van der Waals surface area contributed by atoms with Crippen molar-refractivity contribution in [3.63, 3.8) is 0 Å². The smallest absolute Gasteiger partial charge is 0.265 e. The second-order valence-electron chi connectivity index (χ2n) is 8.05. The summed E-state index contributed by atoms with van der Waals surface area (Å²) in [5.41, 5.74) is 2.20. The number of aryl methyl sites for hydroxylation is 1. The lowest BCUT2D eigenvalue weighted by Gasteiger charge is -2.21. The Hall–Kier alpha value is -1.73. The van der Waals surface area contributed by atoms with E-state index in [1.165, 1.54) is 0 Å². The van der Waals surface area contributed by atoms with Crippen molar-refractivity contribution in [3.05, 3.63) is 34.6 Å². The third-order valence-electron chi connectivity index (χ3n) is 4.78. The van der Waals surface area contributed by atoms with E-state index in [2.05, 4.69) is 14.7 Å². The van der Waals surface area contributed by atoms with Crippen LogP contribution in [0.1, 0.15) is 45.0 Å². The fourth-order valence-electron chi connectivity index (χ4n) is 3.66. The minimum atomic E-state index is -3.77. The van der Waals surface area contributed by atoms with Gasteiger partial charge in [-0.2, -0.15) is 5.10 Å². The Labute approximate surface area is 166 Å². The highest BCUT2D eigenvalue weighted by Crippen LogP contribution is 2.33. The van der Waals surface area contributed by atoms with Gasteiger partial charge >= 0.3 is 0 Å². The number of rotatable bonds is 4. The van der Waals surface area contributed by atoms with Crippen LogP contribution in [0.2, 0.25) is 5.02 Å². The average molecular weight is 411 g/mol. The van der Waals surface area contributed by atoms with Crippen LogP contribution in [0.5, 0.6) is 0 Å². The lowest BCUT2D eigenvalue weighted by Crippen LogP contribution is -2.25. The average Bonchev–Trinajstić information content (AvgIpc) is 3.14. The molecule has 1 aromatic carbocycles. The zero-order valence-electron chi connectivity index (χ0n) is 16.5. The number of nitrogens with one attached hydrogen (secondary N) is 1. The molecule has 1 aliphatic rings. The maximum atomic E-state index is 13.0. The van der Waals surface area contributed by atoms with Gasteiger partial charge in [-0.05, 0) is 65.7 Å². The molecule has 148 valence electrons. The molecule has 0 saturated carbocycles. The predicted octanol–water partition coefficient (Wildman–Crippen LogP) is 4.31. The second kappa shape index (κ2) is 7.02. The molecule has 1 fully saturated rings. The van der Waals surface area contributed by atoms with Crippen molar-refractivity contribution in [2.45, 2.75) is 57.9 Å². The zero-order valence-corrected chi connectivity index (χ0v) is 18.1. The van der Waals surface area contributed by atoms with Gasteiger partial charge in [0.25, 0.3) is 10.0 Å². The third kappa shape index (κ3) is 3.94. The summed E-state index contributed by atoms with van der Waals surface area (Å²) in [6, 6.07) is 5.31. The highest BCUT2D eigenvalue weighted by molar-refractivity contribution is 7.92. The van der Waals surface area contributed by atoms with E-state index in [0.717, 1.165) is 31.6 Å². The Bertz CT molecular complexity index is 955. The monoisotopic (exact) mass is 410 g/mol. The Morgan fingerprint density at radius 2 is 1.78 bits per heavy atom. The Morgan fingerprint density at radius 1 is 1.15 bits per heavy atom. The van der Waals surface area contributed by atoms with Crippen LogP contribution in [-0.4, -0.2) is 31.3 Å². The molecule has 0 unspecified atom stereocenters. The lowest BCUT2D eigenvalue weighted by molar-refractivity contribution is 0.345. The Kier molecular flexibility index (Phi) is 5.20. The minimum absolute atomic E-state index is 0.220. The molecule has 2 heterocycles. The van der Waals surface area contributed by atoms with Crippen molar-refractivity contribution in [1.82, 2.24) is 9.78 Å². The van der Waals surface area contributed by atoms with E-state index in [0.29, 0.717) is 22.1 Å². The molecule has 1 aromatic heterocycles. The number of hydrogen-bond acceptors (Lipinski definition) is 4. The summed E-state index contributed by atoms with van der Waals surface area (Å²) in [6.45, 7) is 11.4. The number of nitrogens with zero attached hydrogens (tertiary/aromatic N) is 3. The van der Waals surface area contributed by atoms with Gasteiger partial charge in [-0.3, -0.25) is 9.40 Å². The van der Waals surface area contributed by atoms with Crippen LogP contribution in [0.4, 0.5) is 11.4 Å². The molecule has 1 saturated heterocycles. The molecule has 0 amide bonds. The van der Waals surface area contributed by atoms with Crippen molar-refractivity contribution in [3.8, 4) is 0 Å². The molecule has 0 bridgehead atoms. The Balaban J connectivity index is 1.91. The summed E-state index contributed by atoms with van der Waals surface area (Å²) >= 11 is 6.42. The molecule has 1 N–H and O–H groups in total. The van der Waals surface area contributed by atoms with Crippen LogP contribution < -0.4 is 9.62 Å². The summed E-state index contributed by atoms with van der Waals surface area (Å²) < 4.78 is 30.4. The van der Waals surface area contributed by atoms with E-state index in [1.54, 1.807) is 30.7 Å². The van der Waals surface area contributed by atoms with Crippen LogP contribution in [0.15, 0.2) is 23.1 Å². The van der Waals surface area contributed by atoms with Crippen LogP contribution in [-0.2, 0) is 15.6 Å². The highest BCUT2D eigenvalue weighted by atomic mass is 35.5. The first-order valence-corrected chi connectivity index (χ1v) is 11.0. The molecule has 2 aromatic rings. The largest absolute Gasteiger partial charge is 0.370 e. The van der Waals surface area contributed by atoms with E-state index in [1.807, 2.05) is 26.8 Å². The molecule has 8 heteroatoms. The van der Waals surface area contributed by atoms with E-state index >= 15 is 0 Å². The first-order valence-electron chi connectivity index (χ1n) is 9.15. The van der Waals surface area contributed by atoms with Crippen LogP contribution in [0.3, 0.4) is 0 Å². The molecular formula is C19H27ClN4O2S. The Morgan fingerprint density at radius 3 is 2.30 bits per heavy atom. The fourth-order valence-corrected chi connectivity index (χ4v) is 5.41. The molecule has 0 radical (unpaired) electrons. The molecule has 0 aliphatic carbocycles. The van der Waals surface area contributed by atoms with E-state index in [9.17, 15) is 8.42 Å². The van der Waals surface area contributed by atoms with Crippen molar-refractivity contribution in [2.24, 2.45) is 0 Å². The van der Waals surface area contributed by atoms with Gasteiger partial charge in [-0.25, -0.2) is 8.42 Å². The van der Waals surface area contributed by atoms with Crippen molar-refractivity contribution in [2.75, 3.05) is 22.7 Å². The lowest BCUT2D eigenvalue weighted by atomic mass is 10.1. The van der Waals surface area contributed by atoms with Gasteiger partial charge in [0.1, 0.15) is 4.90 Å². The number of anilines is 2. The predicted molar refractivity (Wildman–Crippen MR) is 110 cm³/mol. The number of sulfonamides is 1. The van der Waals surface area contributed by atoms with Gasteiger partial charge in [-0.15, -0.1) is 0 Å². The maximum absolute atomic E-state index is 13.0. The topological polar surface area (TPSA) is 67.2 Å². The quantitative estimate of drug-likeness (QED) is 0.815. The summed E-state index contributed by atoms with van der Waals surface area (Å²) in [5, 5.41) is 4.99. The maximum Gasteiger partial charge on any atom is 0.265 e. The number of aromatic nitrogens is 2. The summed E-state index contributed by atoms with van der Waals surface area (Å²) in [4.78, 5) is 2.44. The highest BCUT2D eigenvalue weighted by Gasteiger charge is 2.28. The normalized spacial score (nSPS) is 15.4. The minimum Gasteiger partial charge on any atom is -0.370 e. The van der Waals surface area contributed by atoms with Gasteiger partial charge in [0.2, 0.25) is 0 Å². The fraction of sp³-hybridized carbons (Fsp3) is 0.526. The molecule has 0 atom stereocenters. The standard InChI is InChI=1S/C19H27ClN4O2S/c1-13-18(14(2)24(21-13)19(3,4)5)27(25,26)22-15-8-9-17(16(20)12-15)23-10-6-7-11-23/h8-9,12,22H,6-7,10-11H2,1-5H3. The van der Waals surface area contributed by atoms with Gasteiger partial charge in [-0.1, -0.05) is 11.6 Å². The summed E-state index contributed by atoms with van der Waals surface area (Å²) in [7, 11) is -3.77. The number of halogens is 1. The first kappa shape index (κ1) is 20.0. The summed E-state index contributed by atoms with van der Waals surface area (Å²) in [6.07, 6.45) is 2.31. The molecule has 27 heavy (non-hydrogen) atoms. The molecule has 6 nitrogen and oxygen atoms in total. The zero-order chi connectivity index (χ0) is 20.0. The summed E-state index contributed by atoms with van der Waals surface area (Å²) in [5.74, 6) is 0. The number of hydrogen-bond donors (Lipinski definition) is 1. The molecular weight excluding hydrogens is 384 g/mol. The second-order valence-corrected chi connectivity index (χ2v) is 10.1. The van der Waals surface area contributed by atoms with Crippen molar-refractivity contribution >= 4 is 33.0 Å². The van der Waals surface area contributed by atoms with Crippen LogP contribution >= 0.6 is 11.6 Å². The van der Waals surface area contributed by atoms with Crippen molar-refractivity contribution < 1.29 is 8.42 Å². The van der Waals surface area contributed by atoms with E-state index in [4.69, 9.17) is 11.6 Å². The third-order valence-corrected chi connectivity index (χ3v) is 6.71. The van der Waals surface area contributed by atoms with Crippen molar-refractivity contribution in [1.29, 1.82) is 0 Å². The molecule has 0 spiro atoms. The van der Waals surface area contributed by atoms with E-state index < -0.39 is 10.0 Å². The van der Waals surface area contributed by atoms with Gasteiger partial charge in [0, 0.05) is 13.1 Å². The van der Waals surface area contributed by atoms with Crippen LogP contribution in [0, 0.1) is 13.8 Å². The van der Waals surface area contributed by atoms with Gasteiger partial charge in [0.15, 0.2) is 0 Å². The molecule has 3 rings (SSSR count).